The number of para-hydroxylation sites is 1. The highest BCUT2D eigenvalue weighted by Gasteiger charge is 2.49. The maximum absolute atomic E-state index is 2.71. The van der Waals surface area contributed by atoms with Gasteiger partial charge >= 0.3 is 6.98 Å². The number of hydrogen-bond acceptors (Lipinski definition) is 1. The van der Waals surface area contributed by atoms with Gasteiger partial charge in [0.1, 0.15) is 12.4 Å². The summed E-state index contributed by atoms with van der Waals surface area (Å²) in [6.45, 7) is 2.40. The lowest BCUT2D eigenvalue weighted by Gasteiger charge is -2.37. The summed E-state index contributed by atoms with van der Waals surface area (Å²) in [5.74, 6) is 1.31. The SMILES string of the molecule is Cc1cccc2c1-c1n(C)cc[n+]1B1c3c4cccc3CCCc3cccc(c3N12)CCC4. The molecule has 4 heteroatoms. The number of imidazole rings is 1. The first kappa shape index (κ1) is 19.2. The highest BCUT2D eigenvalue weighted by atomic mass is 15.2. The largest absolute Gasteiger partial charge is 0.542 e. The van der Waals surface area contributed by atoms with Gasteiger partial charge in [0.2, 0.25) is 0 Å². The van der Waals surface area contributed by atoms with Gasteiger partial charge < -0.3 is 4.81 Å². The van der Waals surface area contributed by atoms with Crippen LogP contribution in [0.5, 0.6) is 0 Å². The van der Waals surface area contributed by atoms with Crippen molar-refractivity contribution in [2.24, 2.45) is 7.05 Å². The lowest BCUT2D eigenvalue weighted by atomic mass is 9.59. The Morgan fingerprint density at radius 2 is 1.39 bits per heavy atom. The standard InChI is InChI=1S/C29H29BN3/c1-20-8-3-17-25-26(20)29-31(2)18-19-32(29)30-27-21-9-4-10-22(27)12-6-14-24-16-7-15-23(13-5-11-21)28(24)33(25)30/h3-4,7-10,15-19H,5-6,11-14H2,1-2H3/q+1. The van der Waals surface area contributed by atoms with Crippen molar-refractivity contribution in [2.75, 3.05) is 4.81 Å². The van der Waals surface area contributed by atoms with E-state index in [0.29, 0.717) is 0 Å². The molecular formula is C29H29BN3+. The highest BCUT2D eigenvalue weighted by molar-refractivity contribution is 6.72. The monoisotopic (exact) mass is 430 g/mol. The van der Waals surface area contributed by atoms with Crippen LogP contribution in [0.2, 0.25) is 0 Å². The van der Waals surface area contributed by atoms with Gasteiger partial charge in [0.05, 0.1) is 12.6 Å². The number of aryl methyl sites for hydroxylation is 6. The van der Waals surface area contributed by atoms with Gasteiger partial charge in [-0.3, -0.25) is 4.48 Å². The zero-order valence-electron chi connectivity index (χ0n) is 19.5. The molecular weight excluding hydrogens is 401 g/mol. The molecule has 0 radical (unpaired) electrons. The minimum absolute atomic E-state index is 0.137. The van der Waals surface area contributed by atoms with Crippen LogP contribution in [0.4, 0.5) is 11.4 Å². The van der Waals surface area contributed by atoms with Gasteiger partial charge in [-0.25, -0.2) is 4.57 Å². The molecule has 4 heterocycles. The number of fused-ring (bicyclic) bond motifs is 3. The Kier molecular flexibility index (Phi) is 4.15. The molecule has 0 aliphatic carbocycles. The van der Waals surface area contributed by atoms with Gasteiger partial charge in [0.15, 0.2) is 0 Å². The molecule has 33 heavy (non-hydrogen) atoms. The fourth-order valence-corrected chi connectivity index (χ4v) is 6.64. The summed E-state index contributed by atoms with van der Waals surface area (Å²) in [4.78, 5) is 2.71. The fraction of sp³-hybridized carbons (Fsp3) is 0.276. The first-order chi connectivity index (χ1) is 16.2. The molecule has 3 aliphatic heterocycles. The number of anilines is 2. The van der Waals surface area contributed by atoms with Crippen molar-refractivity contribution in [1.29, 1.82) is 0 Å². The Morgan fingerprint density at radius 3 is 2.09 bits per heavy atom. The van der Waals surface area contributed by atoms with Crippen LogP contribution >= 0.6 is 0 Å². The predicted octanol–water partition coefficient (Wildman–Crippen LogP) is 4.66. The number of aromatic nitrogens is 2. The quantitative estimate of drug-likeness (QED) is 0.370. The lowest BCUT2D eigenvalue weighted by Crippen LogP contribution is -2.71. The van der Waals surface area contributed by atoms with E-state index in [1.54, 1.807) is 0 Å². The minimum Gasteiger partial charge on any atom is -0.338 e. The maximum atomic E-state index is 2.71. The predicted molar refractivity (Wildman–Crippen MR) is 136 cm³/mol. The van der Waals surface area contributed by atoms with Crippen molar-refractivity contribution >= 4 is 23.8 Å². The Bertz CT molecular complexity index is 1370. The van der Waals surface area contributed by atoms with Crippen molar-refractivity contribution in [3.05, 3.63) is 94.8 Å². The molecule has 0 N–H and O–H groups in total. The summed E-state index contributed by atoms with van der Waals surface area (Å²) in [6, 6.07) is 21.0. The zero-order valence-corrected chi connectivity index (χ0v) is 19.5. The van der Waals surface area contributed by atoms with Crippen molar-refractivity contribution in [1.82, 2.24) is 4.57 Å². The molecule has 0 atom stereocenters. The van der Waals surface area contributed by atoms with Crippen LogP contribution in [0.1, 0.15) is 40.7 Å². The Morgan fingerprint density at radius 1 is 0.788 bits per heavy atom. The zero-order chi connectivity index (χ0) is 22.1. The van der Waals surface area contributed by atoms with E-state index in [2.05, 4.69) is 94.8 Å². The average molecular weight is 430 g/mol. The normalized spacial score (nSPS) is 15.9. The summed E-state index contributed by atoms with van der Waals surface area (Å²) in [5, 5.41) is 0. The third-order valence-corrected chi connectivity index (χ3v) is 8.04. The average Bonchev–Trinajstić information content (AvgIpc) is 3.24. The third kappa shape index (κ3) is 2.67. The Hall–Kier alpha value is -3.27. The second-order valence-electron chi connectivity index (χ2n) is 9.97. The summed E-state index contributed by atoms with van der Waals surface area (Å²) >= 11 is 0. The third-order valence-electron chi connectivity index (χ3n) is 8.04. The van der Waals surface area contributed by atoms with Crippen LogP contribution < -0.4 is 14.8 Å². The van der Waals surface area contributed by atoms with E-state index in [1.165, 1.54) is 68.9 Å². The molecule has 7 rings (SSSR count). The molecule has 0 spiro atoms. The van der Waals surface area contributed by atoms with E-state index >= 15 is 0 Å². The van der Waals surface area contributed by atoms with Crippen LogP contribution in [0.15, 0.2) is 67.0 Å². The summed E-state index contributed by atoms with van der Waals surface area (Å²) < 4.78 is 4.86. The minimum atomic E-state index is 0.137. The molecule has 0 saturated heterocycles. The van der Waals surface area contributed by atoms with E-state index in [4.69, 9.17) is 0 Å². The molecule has 3 aliphatic rings. The summed E-state index contributed by atoms with van der Waals surface area (Å²) in [7, 11) is 2.19. The van der Waals surface area contributed by atoms with Crippen molar-refractivity contribution in [3.8, 4) is 11.4 Å². The molecule has 162 valence electrons. The van der Waals surface area contributed by atoms with E-state index < -0.39 is 0 Å². The molecule has 0 amide bonds. The second kappa shape index (κ2) is 7.12. The highest BCUT2D eigenvalue weighted by Crippen LogP contribution is 2.43. The number of benzene rings is 3. The van der Waals surface area contributed by atoms with Gasteiger partial charge in [0.25, 0.3) is 5.82 Å². The molecule has 3 aromatic carbocycles. The molecule has 1 aromatic heterocycles. The van der Waals surface area contributed by atoms with Crippen LogP contribution in [-0.4, -0.2) is 11.5 Å². The van der Waals surface area contributed by atoms with Crippen LogP contribution in [0.25, 0.3) is 11.4 Å². The maximum Gasteiger partial charge on any atom is 0.542 e. The van der Waals surface area contributed by atoms with E-state index in [1.807, 2.05) is 0 Å². The Labute approximate surface area is 196 Å². The van der Waals surface area contributed by atoms with Crippen LogP contribution in [-0.2, 0) is 32.7 Å². The number of hydrogen-bond donors (Lipinski definition) is 0. The number of rotatable bonds is 0. The topological polar surface area (TPSA) is 12.0 Å². The van der Waals surface area contributed by atoms with E-state index in [0.717, 1.165) is 25.7 Å². The van der Waals surface area contributed by atoms with Gasteiger partial charge in [0, 0.05) is 16.8 Å². The van der Waals surface area contributed by atoms with Crippen molar-refractivity contribution < 1.29 is 4.48 Å². The molecule has 0 fully saturated rings. The van der Waals surface area contributed by atoms with Crippen molar-refractivity contribution in [3.63, 3.8) is 0 Å². The smallest absolute Gasteiger partial charge is 0.338 e. The fourth-order valence-electron chi connectivity index (χ4n) is 6.64. The lowest BCUT2D eigenvalue weighted by molar-refractivity contribution is -0.523. The number of nitrogens with zero attached hydrogens (tertiary/aromatic N) is 3. The van der Waals surface area contributed by atoms with E-state index in [9.17, 15) is 0 Å². The molecule has 2 bridgehead atoms. The second-order valence-corrected chi connectivity index (χ2v) is 9.97. The molecule has 4 aromatic rings. The van der Waals surface area contributed by atoms with Gasteiger partial charge in [-0.2, -0.15) is 0 Å². The van der Waals surface area contributed by atoms with Gasteiger partial charge in [-0.05, 0) is 79.3 Å². The Balaban J connectivity index is 1.68. The molecule has 3 nitrogen and oxygen atoms in total. The van der Waals surface area contributed by atoms with Gasteiger partial charge in [-0.1, -0.05) is 48.5 Å². The van der Waals surface area contributed by atoms with Gasteiger partial charge in [-0.15, -0.1) is 0 Å². The van der Waals surface area contributed by atoms with Crippen LogP contribution in [0, 0.1) is 6.92 Å². The molecule has 0 unspecified atom stereocenters. The summed E-state index contributed by atoms with van der Waals surface area (Å²) in [5.41, 5.74) is 13.1. The van der Waals surface area contributed by atoms with Crippen molar-refractivity contribution in [2.45, 2.75) is 45.4 Å². The van der Waals surface area contributed by atoms with E-state index in [-0.39, 0.29) is 6.98 Å². The first-order valence-electron chi connectivity index (χ1n) is 12.4. The summed E-state index contributed by atoms with van der Waals surface area (Å²) in [6.07, 6.45) is 11.5. The first-order valence-corrected chi connectivity index (χ1v) is 12.4. The molecule has 0 saturated carbocycles. The van der Waals surface area contributed by atoms with Crippen LogP contribution in [0.3, 0.4) is 0 Å².